The molecule has 13 nitrogen and oxygen atoms in total. The Morgan fingerprint density at radius 3 is 1.97 bits per heavy atom. The number of carboxylic acid groups (broad SMARTS) is 1. The molecule has 0 saturated carbocycles. The molecule has 5 unspecified atom stereocenters. The molecule has 0 aromatic rings. The molecule has 3 amide bonds. The van der Waals surface area contributed by atoms with E-state index in [9.17, 15) is 24.3 Å². The number of aliphatic hydroxyl groups excluding tert-OH is 1. The van der Waals surface area contributed by atoms with Crippen molar-refractivity contribution in [2.24, 2.45) is 28.1 Å². The first kappa shape index (κ1) is 28.1. The predicted octanol–water partition coefficient (Wildman–Crippen LogP) is -3.04. The zero-order valence-electron chi connectivity index (χ0n) is 18.3. The van der Waals surface area contributed by atoms with E-state index < -0.39 is 54.0 Å². The Balaban J connectivity index is 5.37. The minimum absolute atomic E-state index is 0.118. The van der Waals surface area contributed by atoms with E-state index in [0.29, 0.717) is 6.42 Å². The molecule has 0 aliphatic rings. The first-order chi connectivity index (χ1) is 14.3. The van der Waals surface area contributed by atoms with Gasteiger partial charge in [0.15, 0.2) is 5.96 Å². The number of hydrogen-bond acceptors (Lipinski definition) is 7. The number of nitrogens with two attached hydrogens (primary N) is 3. The Kier molecular flexibility index (Phi) is 12.1. The van der Waals surface area contributed by atoms with Crippen molar-refractivity contribution in [3.63, 3.8) is 0 Å². The second-order valence-corrected chi connectivity index (χ2v) is 7.58. The van der Waals surface area contributed by atoms with Gasteiger partial charge in [0, 0.05) is 6.54 Å². The second-order valence-electron chi connectivity index (χ2n) is 7.58. The lowest BCUT2D eigenvalue weighted by Crippen LogP contribution is -2.59. The normalized spacial score (nSPS) is 15.7. The van der Waals surface area contributed by atoms with Crippen molar-refractivity contribution >= 4 is 29.7 Å². The summed E-state index contributed by atoms with van der Waals surface area (Å²) in [4.78, 5) is 52.3. The number of aliphatic carboxylic acids is 1. The fourth-order valence-corrected chi connectivity index (χ4v) is 2.41. The molecule has 0 saturated heterocycles. The Morgan fingerprint density at radius 1 is 0.935 bits per heavy atom. The van der Waals surface area contributed by atoms with Gasteiger partial charge in [-0.25, -0.2) is 0 Å². The van der Waals surface area contributed by atoms with Crippen LogP contribution in [0.5, 0.6) is 0 Å². The van der Waals surface area contributed by atoms with Crippen molar-refractivity contribution in [3.05, 3.63) is 0 Å². The number of carbonyl (C=O) groups is 4. The van der Waals surface area contributed by atoms with E-state index in [1.165, 1.54) is 13.8 Å². The van der Waals surface area contributed by atoms with Gasteiger partial charge in [0.05, 0.1) is 6.10 Å². The molecule has 0 radical (unpaired) electrons. The molecule has 0 heterocycles. The van der Waals surface area contributed by atoms with E-state index in [1.807, 2.05) is 0 Å². The minimum Gasteiger partial charge on any atom is -0.480 e. The number of guanidine groups is 1. The van der Waals surface area contributed by atoms with Gasteiger partial charge in [-0.2, -0.15) is 0 Å². The smallest absolute Gasteiger partial charge is 0.325 e. The van der Waals surface area contributed by atoms with Gasteiger partial charge in [0.25, 0.3) is 0 Å². The zero-order valence-corrected chi connectivity index (χ0v) is 18.3. The summed E-state index contributed by atoms with van der Waals surface area (Å²) < 4.78 is 0. The van der Waals surface area contributed by atoms with E-state index in [0.717, 1.165) is 0 Å². The van der Waals surface area contributed by atoms with Gasteiger partial charge in [0.1, 0.15) is 24.2 Å². The average molecular weight is 446 g/mol. The molecule has 31 heavy (non-hydrogen) atoms. The van der Waals surface area contributed by atoms with Crippen molar-refractivity contribution in [3.8, 4) is 0 Å². The standard InChI is InChI=1S/C18H35N7O6/c1-8(2)13(25-15(28)12(19)10(4)26)16(29)24-11(6-5-7-22-18(20)21)14(27)23-9(3)17(30)31/h8-13,26H,5-7,19H2,1-4H3,(H,23,27)(H,24,29)(H,25,28)(H,30,31)(H4,20,21,22). The van der Waals surface area contributed by atoms with Crippen LogP contribution in [0.2, 0.25) is 0 Å². The van der Waals surface area contributed by atoms with Crippen molar-refractivity contribution in [2.75, 3.05) is 6.54 Å². The number of aliphatic imine (C=N–C) groups is 1. The maximum atomic E-state index is 12.8. The van der Waals surface area contributed by atoms with Crippen LogP contribution in [0.1, 0.15) is 40.5 Å². The molecule has 0 spiro atoms. The maximum absolute atomic E-state index is 12.8. The Morgan fingerprint density at radius 2 is 1.52 bits per heavy atom. The third-order valence-electron chi connectivity index (χ3n) is 4.38. The molecule has 0 aliphatic heterocycles. The molecule has 178 valence electrons. The van der Waals surface area contributed by atoms with Crippen molar-refractivity contribution in [2.45, 2.75) is 70.8 Å². The monoisotopic (exact) mass is 445 g/mol. The second kappa shape index (κ2) is 13.4. The van der Waals surface area contributed by atoms with E-state index in [2.05, 4.69) is 20.9 Å². The van der Waals surface area contributed by atoms with Crippen molar-refractivity contribution in [1.82, 2.24) is 16.0 Å². The Bertz CT molecular complexity index is 664. The quantitative estimate of drug-likeness (QED) is 0.0815. The highest BCUT2D eigenvalue weighted by Crippen LogP contribution is 2.06. The Labute approximate surface area is 181 Å². The van der Waals surface area contributed by atoms with Crippen LogP contribution >= 0.6 is 0 Å². The molecule has 11 N–H and O–H groups in total. The van der Waals surface area contributed by atoms with Crippen LogP contribution in [-0.2, 0) is 19.2 Å². The van der Waals surface area contributed by atoms with Crippen molar-refractivity contribution in [1.29, 1.82) is 0 Å². The topological polar surface area (TPSA) is 235 Å². The molecule has 13 heteroatoms. The third-order valence-corrected chi connectivity index (χ3v) is 4.38. The number of nitrogens with zero attached hydrogens (tertiary/aromatic N) is 1. The summed E-state index contributed by atoms with van der Waals surface area (Å²) in [5.41, 5.74) is 16.1. The molecule has 0 fully saturated rings. The highest BCUT2D eigenvalue weighted by atomic mass is 16.4. The van der Waals surface area contributed by atoms with Crippen LogP contribution in [0.15, 0.2) is 4.99 Å². The van der Waals surface area contributed by atoms with Crippen LogP contribution < -0.4 is 33.2 Å². The number of nitrogens with one attached hydrogen (secondary N) is 3. The van der Waals surface area contributed by atoms with Gasteiger partial charge >= 0.3 is 5.97 Å². The first-order valence-electron chi connectivity index (χ1n) is 9.90. The zero-order chi connectivity index (χ0) is 24.3. The fraction of sp³-hybridized carbons (Fsp3) is 0.722. The van der Waals surface area contributed by atoms with Crippen LogP contribution in [-0.4, -0.2) is 76.7 Å². The summed E-state index contributed by atoms with van der Waals surface area (Å²) in [5.74, 6) is -3.82. The lowest BCUT2D eigenvalue weighted by Gasteiger charge is -2.27. The fourth-order valence-electron chi connectivity index (χ4n) is 2.41. The van der Waals surface area contributed by atoms with Crippen LogP contribution in [0.4, 0.5) is 0 Å². The lowest BCUT2D eigenvalue weighted by atomic mass is 10.0. The molecule has 0 aromatic heterocycles. The van der Waals surface area contributed by atoms with E-state index in [-0.39, 0.29) is 24.8 Å². The van der Waals surface area contributed by atoms with Gasteiger partial charge in [-0.15, -0.1) is 0 Å². The summed E-state index contributed by atoms with van der Waals surface area (Å²) in [6, 6.07) is -4.53. The highest BCUT2D eigenvalue weighted by Gasteiger charge is 2.31. The Hall–Kier alpha value is -2.93. The van der Waals surface area contributed by atoms with E-state index in [1.54, 1.807) is 13.8 Å². The first-order valence-corrected chi connectivity index (χ1v) is 9.90. The van der Waals surface area contributed by atoms with Gasteiger partial charge in [-0.1, -0.05) is 13.8 Å². The number of carboxylic acids is 1. The summed E-state index contributed by atoms with van der Waals surface area (Å²) in [6.07, 6.45) is -0.682. The molecule has 0 bridgehead atoms. The summed E-state index contributed by atoms with van der Waals surface area (Å²) >= 11 is 0. The van der Waals surface area contributed by atoms with Gasteiger partial charge in [-0.3, -0.25) is 24.2 Å². The number of carbonyl (C=O) groups excluding carboxylic acids is 3. The number of rotatable bonds is 13. The largest absolute Gasteiger partial charge is 0.480 e. The predicted molar refractivity (Wildman–Crippen MR) is 114 cm³/mol. The molecule has 0 aliphatic carbocycles. The summed E-state index contributed by atoms with van der Waals surface area (Å²) in [6.45, 7) is 6.18. The van der Waals surface area contributed by atoms with E-state index >= 15 is 0 Å². The average Bonchev–Trinajstić information content (AvgIpc) is 2.66. The van der Waals surface area contributed by atoms with Gasteiger partial charge in [-0.05, 0) is 32.6 Å². The SMILES string of the molecule is CC(NC(=O)C(CCCN=C(N)N)NC(=O)C(NC(=O)C(N)C(C)O)C(C)C)C(=O)O. The minimum atomic E-state index is -1.24. The summed E-state index contributed by atoms with van der Waals surface area (Å²) in [7, 11) is 0. The van der Waals surface area contributed by atoms with Gasteiger partial charge in [0.2, 0.25) is 17.7 Å². The molecule has 0 rings (SSSR count). The van der Waals surface area contributed by atoms with Gasteiger partial charge < -0.3 is 43.4 Å². The maximum Gasteiger partial charge on any atom is 0.325 e. The third kappa shape index (κ3) is 10.6. The molecule has 5 atom stereocenters. The van der Waals surface area contributed by atoms with E-state index in [4.69, 9.17) is 22.3 Å². The highest BCUT2D eigenvalue weighted by molar-refractivity contribution is 5.94. The summed E-state index contributed by atoms with van der Waals surface area (Å²) in [5, 5.41) is 25.8. The molecular weight excluding hydrogens is 410 g/mol. The number of amides is 3. The van der Waals surface area contributed by atoms with Crippen molar-refractivity contribution < 1.29 is 29.4 Å². The van der Waals surface area contributed by atoms with Crippen LogP contribution in [0.25, 0.3) is 0 Å². The number of hydrogen-bond donors (Lipinski definition) is 8. The molecule has 0 aromatic carbocycles. The molecular formula is C18H35N7O6. The van der Waals surface area contributed by atoms with Crippen LogP contribution in [0, 0.1) is 5.92 Å². The lowest BCUT2D eigenvalue weighted by molar-refractivity contribution is -0.142. The number of aliphatic hydroxyl groups is 1. The van der Waals surface area contributed by atoms with Crippen LogP contribution in [0.3, 0.4) is 0 Å².